The van der Waals surface area contributed by atoms with E-state index < -0.39 is 0 Å². The van der Waals surface area contributed by atoms with E-state index in [1.807, 2.05) is 4.52 Å². The van der Waals surface area contributed by atoms with Crippen molar-refractivity contribution >= 4 is 16.3 Å². The standard InChI is InChI=1S/C9H15N5S/c1-2-7-11-12-9-14(7)13-8(15-9)5-3-4-6-10/h2-6,10H2,1H3. The van der Waals surface area contributed by atoms with Crippen molar-refractivity contribution < 1.29 is 0 Å². The van der Waals surface area contributed by atoms with Crippen molar-refractivity contribution in [2.45, 2.75) is 32.6 Å². The molecular formula is C9H15N5S. The van der Waals surface area contributed by atoms with Crippen LogP contribution in [0.25, 0.3) is 4.96 Å². The SMILES string of the molecule is CCc1nnc2sc(CCCCN)nn12. The second kappa shape index (κ2) is 4.67. The third kappa shape index (κ3) is 2.15. The van der Waals surface area contributed by atoms with E-state index in [1.165, 1.54) is 0 Å². The molecule has 0 fully saturated rings. The Morgan fingerprint density at radius 2 is 2.20 bits per heavy atom. The molecular weight excluding hydrogens is 210 g/mol. The molecule has 2 aromatic rings. The van der Waals surface area contributed by atoms with Gasteiger partial charge in [0.05, 0.1) is 0 Å². The minimum Gasteiger partial charge on any atom is -0.330 e. The lowest BCUT2D eigenvalue weighted by Crippen LogP contribution is -1.99. The van der Waals surface area contributed by atoms with Gasteiger partial charge in [-0.15, -0.1) is 10.2 Å². The number of nitrogens with two attached hydrogens (primary N) is 1. The van der Waals surface area contributed by atoms with E-state index in [0.717, 1.165) is 48.0 Å². The van der Waals surface area contributed by atoms with Crippen LogP contribution in [0.2, 0.25) is 0 Å². The minimum absolute atomic E-state index is 0.754. The minimum atomic E-state index is 0.754. The van der Waals surface area contributed by atoms with Gasteiger partial charge in [-0.2, -0.15) is 9.61 Å². The zero-order chi connectivity index (χ0) is 10.7. The third-order valence-corrected chi connectivity index (χ3v) is 3.22. The van der Waals surface area contributed by atoms with Gasteiger partial charge >= 0.3 is 0 Å². The maximum atomic E-state index is 5.45. The van der Waals surface area contributed by atoms with Gasteiger partial charge in [-0.1, -0.05) is 18.3 Å². The van der Waals surface area contributed by atoms with Crippen molar-refractivity contribution in [3.63, 3.8) is 0 Å². The van der Waals surface area contributed by atoms with E-state index in [4.69, 9.17) is 5.73 Å². The molecule has 2 heterocycles. The highest BCUT2D eigenvalue weighted by Crippen LogP contribution is 2.15. The van der Waals surface area contributed by atoms with Crippen LogP contribution >= 0.6 is 11.3 Å². The maximum Gasteiger partial charge on any atom is 0.234 e. The summed E-state index contributed by atoms with van der Waals surface area (Å²) in [5.74, 6) is 0.936. The van der Waals surface area contributed by atoms with Crippen molar-refractivity contribution in [1.29, 1.82) is 0 Å². The molecule has 5 nitrogen and oxygen atoms in total. The van der Waals surface area contributed by atoms with Crippen molar-refractivity contribution in [2.75, 3.05) is 6.54 Å². The fourth-order valence-corrected chi connectivity index (χ4v) is 2.33. The van der Waals surface area contributed by atoms with Crippen LogP contribution in [0.3, 0.4) is 0 Å². The van der Waals surface area contributed by atoms with Crippen LogP contribution in [0.15, 0.2) is 0 Å². The molecule has 2 rings (SSSR count). The Balaban J connectivity index is 2.13. The average Bonchev–Trinajstić information content (AvgIpc) is 2.77. The zero-order valence-electron chi connectivity index (χ0n) is 8.81. The monoisotopic (exact) mass is 225 g/mol. The van der Waals surface area contributed by atoms with Crippen LogP contribution in [0.5, 0.6) is 0 Å². The number of unbranched alkanes of at least 4 members (excludes halogenated alkanes) is 1. The molecule has 0 atom stereocenters. The smallest absolute Gasteiger partial charge is 0.234 e. The molecule has 0 radical (unpaired) electrons. The first kappa shape index (κ1) is 10.5. The molecule has 15 heavy (non-hydrogen) atoms. The van der Waals surface area contributed by atoms with Gasteiger partial charge in [0.1, 0.15) is 5.01 Å². The Hall–Kier alpha value is -1.01. The second-order valence-corrected chi connectivity index (χ2v) is 4.45. The molecule has 82 valence electrons. The normalized spacial score (nSPS) is 11.3. The molecule has 0 aromatic carbocycles. The lowest BCUT2D eigenvalue weighted by atomic mass is 10.2. The number of rotatable bonds is 5. The van der Waals surface area contributed by atoms with Gasteiger partial charge < -0.3 is 5.73 Å². The van der Waals surface area contributed by atoms with Crippen LogP contribution in [0.4, 0.5) is 0 Å². The molecule has 0 amide bonds. The molecule has 0 saturated heterocycles. The molecule has 0 aliphatic heterocycles. The number of nitrogens with zero attached hydrogens (tertiary/aromatic N) is 4. The second-order valence-electron chi connectivity index (χ2n) is 3.41. The van der Waals surface area contributed by atoms with Gasteiger partial charge in [0.15, 0.2) is 5.82 Å². The summed E-state index contributed by atoms with van der Waals surface area (Å²) < 4.78 is 1.85. The Morgan fingerprint density at radius 1 is 1.33 bits per heavy atom. The fourth-order valence-electron chi connectivity index (χ4n) is 1.44. The third-order valence-electron chi connectivity index (χ3n) is 2.26. The highest BCUT2D eigenvalue weighted by Gasteiger charge is 2.09. The predicted molar refractivity (Wildman–Crippen MR) is 60.0 cm³/mol. The highest BCUT2D eigenvalue weighted by molar-refractivity contribution is 7.16. The van der Waals surface area contributed by atoms with Crippen LogP contribution in [-0.2, 0) is 12.8 Å². The lowest BCUT2D eigenvalue weighted by molar-refractivity contribution is 0.723. The van der Waals surface area contributed by atoms with E-state index in [0.29, 0.717) is 0 Å². The number of aromatic nitrogens is 4. The van der Waals surface area contributed by atoms with Crippen LogP contribution in [0.1, 0.15) is 30.6 Å². The van der Waals surface area contributed by atoms with Gasteiger partial charge in [-0.05, 0) is 19.4 Å². The Labute approximate surface area is 92.3 Å². The quantitative estimate of drug-likeness (QED) is 0.772. The van der Waals surface area contributed by atoms with Crippen molar-refractivity contribution in [3.8, 4) is 0 Å². The van der Waals surface area contributed by atoms with Crippen molar-refractivity contribution in [1.82, 2.24) is 19.8 Å². The van der Waals surface area contributed by atoms with E-state index in [1.54, 1.807) is 11.3 Å². The van der Waals surface area contributed by atoms with Crippen molar-refractivity contribution in [2.24, 2.45) is 5.73 Å². The molecule has 6 heteroatoms. The van der Waals surface area contributed by atoms with E-state index in [2.05, 4.69) is 22.2 Å². The first-order valence-electron chi connectivity index (χ1n) is 5.25. The van der Waals surface area contributed by atoms with Gasteiger partial charge in [0.2, 0.25) is 4.96 Å². The summed E-state index contributed by atoms with van der Waals surface area (Å²) in [5, 5.41) is 13.7. The summed E-state index contributed by atoms with van der Waals surface area (Å²) in [5.41, 5.74) is 5.45. The topological polar surface area (TPSA) is 69.1 Å². The van der Waals surface area contributed by atoms with Gasteiger partial charge in [-0.3, -0.25) is 0 Å². The van der Waals surface area contributed by atoms with Gasteiger partial charge in [0.25, 0.3) is 0 Å². The number of hydrogen-bond donors (Lipinski definition) is 1. The van der Waals surface area contributed by atoms with Gasteiger partial charge in [-0.25, -0.2) is 0 Å². The first-order valence-corrected chi connectivity index (χ1v) is 6.07. The molecule has 0 aliphatic rings. The maximum absolute atomic E-state index is 5.45. The van der Waals surface area contributed by atoms with E-state index >= 15 is 0 Å². The number of aryl methyl sites for hydroxylation is 2. The van der Waals surface area contributed by atoms with Crippen LogP contribution < -0.4 is 5.73 Å². The first-order chi connectivity index (χ1) is 7.35. The molecule has 2 aromatic heterocycles. The van der Waals surface area contributed by atoms with Gasteiger partial charge in [0, 0.05) is 12.8 Å². The predicted octanol–water partition coefficient (Wildman–Crippen LogP) is 1.03. The fraction of sp³-hybridized carbons (Fsp3) is 0.667. The number of fused-ring (bicyclic) bond motifs is 1. The molecule has 2 N–H and O–H groups in total. The summed E-state index contributed by atoms with van der Waals surface area (Å²) in [6.07, 6.45) is 4.02. The Bertz CT molecular complexity index is 433. The molecule has 0 unspecified atom stereocenters. The Morgan fingerprint density at radius 3 is 2.93 bits per heavy atom. The highest BCUT2D eigenvalue weighted by atomic mass is 32.1. The summed E-state index contributed by atoms with van der Waals surface area (Å²) in [6.45, 7) is 2.81. The molecule has 0 saturated carbocycles. The van der Waals surface area contributed by atoms with E-state index in [-0.39, 0.29) is 0 Å². The molecule has 0 bridgehead atoms. The molecule has 0 spiro atoms. The summed E-state index contributed by atoms with van der Waals surface area (Å²) in [7, 11) is 0. The zero-order valence-corrected chi connectivity index (χ0v) is 9.63. The Kier molecular flexibility index (Phi) is 3.27. The summed E-state index contributed by atoms with van der Waals surface area (Å²) in [4.78, 5) is 0.898. The average molecular weight is 225 g/mol. The van der Waals surface area contributed by atoms with Crippen LogP contribution in [-0.4, -0.2) is 26.4 Å². The summed E-state index contributed by atoms with van der Waals surface area (Å²) >= 11 is 1.62. The summed E-state index contributed by atoms with van der Waals surface area (Å²) in [6, 6.07) is 0. The number of hydrogen-bond acceptors (Lipinski definition) is 5. The van der Waals surface area contributed by atoms with E-state index in [9.17, 15) is 0 Å². The largest absolute Gasteiger partial charge is 0.330 e. The van der Waals surface area contributed by atoms with Crippen molar-refractivity contribution in [3.05, 3.63) is 10.8 Å². The molecule has 0 aliphatic carbocycles. The lowest BCUT2D eigenvalue weighted by Gasteiger charge is -1.93. The van der Waals surface area contributed by atoms with Crippen LogP contribution in [0, 0.1) is 0 Å².